The third-order valence-electron chi connectivity index (χ3n) is 1.37. The molecule has 0 saturated carbocycles. The Morgan fingerprint density at radius 2 is 2.07 bits per heavy atom. The van der Waals surface area contributed by atoms with Gasteiger partial charge >= 0.3 is 5.97 Å². The zero-order valence-electron chi connectivity index (χ0n) is 7.68. The Bertz CT molecular complexity index is 378. The highest BCUT2D eigenvalue weighted by atomic mass is 32.1. The minimum absolute atomic E-state index is 0.235. The molecule has 1 aromatic carbocycles. The number of carboxylic acids is 1. The van der Waals surface area contributed by atoms with E-state index in [1.54, 1.807) is 0 Å². The Balaban J connectivity index is 2.40. The number of nitrogens with zero attached hydrogens (tertiary/aromatic N) is 1. The van der Waals surface area contributed by atoms with Crippen molar-refractivity contribution in [2.75, 3.05) is 5.32 Å². The maximum absolute atomic E-state index is 10.1. The highest BCUT2D eigenvalue weighted by molar-refractivity contribution is 7.80. The zero-order valence-corrected chi connectivity index (χ0v) is 8.49. The molecule has 0 spiro atoms. The van der Waals surface area contributed by atoms with Crippen molar-refractivity contribution >= 4 is 35.2 Å². The summed E-state index contributed by atoms with van der Waals surface area (Å²) >= 11 is 4.86. The summed E-state index contributed by atoms with van der Waals surface area (Å²) in [4.78, 5) is 10.1. The number of hydrogen-bond donors (Lipinski definition) is 3. The van der Waals surface area contributed by atoms with E-state index in [1.165, 1.54) is 0 Å². The zero-order chi connectivity index (χ0) is 11.1. The fraction of sp³-hybridized carbons (Fsp3) is 0. The standard InChI is InChI=1S/C9H9N3O2S/c13-8(14)6-10-12-9(15)11-7-4-2-1-3-5-7/h1-6H,(H,13,14)(H2,11,12,15)/b10-6+. The second kappa shape index (κ2) is 5.71. The van der Waals surface area contributed by atoms with Crippen molar-refractivity contribution in [3.8, 4) is 0 Å². The van der Waals surface area contributed by atoms with Crippen molar-refractivity contribution in [2.24, 2.45) is 5.10 Å². The Labute approximate surface area is 91.8 Å². The van der Waals surface area contributed by atoms with Gasteiger partial charge < -0.3 is 10.4 Å². The highest BCUT2D eigenvalue weighted by Crippen LogP contribution is 2.03. The number of carboxylic acid groups (broad SMARTS) is 1. The van der Waals surface area contributed by atoms with Gasteiger partial charge in [0, 0.05) is 5.69 Å². The van der Waals surface area contributed by atoms with Gasteiger partial charge in [-0.3, -0.25) is 5.43 Å². The first-order chi connectivity index (χ1) is 7.18. The van der Waals surface area contributed by atoms with Crippen LogP contribution in [0.25, 0.3) is 0 Å². The lowest BCUT2D eigenvalue weighted by atomic mass is 10.3. The van der Waals surface area contributed by atoms with E-state index in [0.29, 0.717) is 0 Å². The van der Waals surface area contributed by atoms with Crippen molar-refractivity contribution in [1.82, 2.24) is 5.43 Å². The van der Waals surface area contributed by atoms with Crippen LogP contribution in [0.2, 0.25) is 0 Å². The maximum atomic E-state index is 10.1. The molecule has 0 amide bonds. The van der Waals surface area contributed by atoms with Gasteiger partial charge in [-0.2, -0.15) is 5.10 Å². The van der Waals surface area contributed by atoms with Crippen LogP contribution < -0.4 is 10.7 Å². The minimum Gasteiger partial charge on any atom is -0.477 e. The summed E-state index contributed by atoms with van der Waals surface area (Å²) < 4.78 is 0. The van der Waals surface area contributed by atoms with Gasteiger partial charge in [0.2, 0.25) is 0 Å². The molecule has 78 valence electrons. The quantitative estimate of drug-likeness (QED) is 0.405. The van der Waals surface area contributed by atoms with Crippen LogP contribution in [0.15, 0.2) is 35.4 Å². The molecular formula is C9H9N3O2S. The van der Waals surface area contributed by atoms with E-state index in [0.717, 1.165) is 11.9 Å². The number of benzene rings is 1. The molecule has 5 nitrogen and oxygen atoms in total. The summed E-state index contributed by atoms with van der Waals surface area (Å²) in [6.07, 6.45) is 0.721. The molecule has 0 atom stereocenters. The second-order valence-electron chi connectivity index (χ2n) is 2.53. The van der Waals surface area contributed by atoms with E-state index in [-0.39, 0.29) is 5.11 Å². The molecule has 15 heavy (non-hydrogen) atoms. The summed E-state index contributed by atoms with van der Waals surface area (Å²) in [6, 6.07) is 9.24. The maximum Gasteiger partial charge on any atom is 0.348 e. The Morgan fingerprint density at radius 3 is 2.67 bits per heavy atom. The van der Waals surface area contributed by atoms with Gasteiger partial charge in [0.05, 0.1) is 0 Å². The Kier molecular flexibility index (Phi) is 4.24. The smallest absolute Gasteiger partial charge is 0.348 e. The third kappa shape index (κ3) is 4.72. The molecule has 0 radical (unpaired) electrons. The Hall–Kier alpha value is -1.95. The van der Waals surface area contributed by atoms with Crippen molar-refractivity contribution in [2.45, 2.75) is 0 Å². The van der Waals surface area contributed by atoms with Crippen LogP contribution >= 0.6 is 12.2 Å². The van der Waals surface area contributed by atoms with Gasteiger partial charge in [-0.15, -0.1) is 0 Å². The lowest BCUT2D eigenvalue weighted by Crippen LogP contribution is -2.24. The van der Waals surface area contributed by atoms with Crippen LogP contribution in [-0.4, -0.2) is 22.4 Å². The Morgan fingerprint density at radius 1 is 1.40 bits per heavy atom. The lowest BCUT2D eigenvalue weighted by molar-refractivity contribution is -0.128. The molecule has 3 N–H and O–H groups in total. The number of nitrogens with one attached hydrogen (secondary N) is 2. The number of hydrazone groups is 1. The molecule has 0 aliphatic heterocycles. The highest BCUT2D eigenvalue weighted by Gasteiger charge is 1.94. The van der Waals surface area contributed by atoms with Gasteiger partial charge in [0.25, 0.3) is 0 Å². The molecule has 0 unspecified atom stereocenters. The molecule has 0 aliphatic rings. The number of rotatable bonds is 3. The molecule has 6 heteroatoms. The lowest BCUT2D eigenvalue weighted by Gasteiger charge is -2.05. The molecule has 0 aliphatic carbocycles. The topological polar surface area (TPSA) is 73.7 Å². The number of aliphatic carboxylic acids is 1. The van der Waals surface area contributed by atoms with Crippen molar-refractivity contribution in [3.63, 3.8) is 0 Å². The molecule has 0 heterocycles. The van der Waals surface area contributed by atoms with E-state index in [9.17, 15) is 4.79 Å². The van der Waals surface area contributed by atoms with Gasteiger partial charge in [-0.25, -0.2) is 4.79 Å². The average Bonchev–Trinajstić information content (AvgIpc) is 2.18. The minimum atomic E-state index is -1.13. The van der Waals surface area contributed by atoms with Gasteiger partial charge in [-0.05, 0) is 24.4 Å². The number of hydrogen-bond acceptors (Lipinski definition) is 3. The summed E-state index contributed by atoms with van der Waals surface area (Å²) in [5.74, 6) is -1.13. The predicted octanol–water partition coefficient (Wildman–Crippen LogP) is 1.04. The first-order valence-corrected chi connectivity index (χ1v) is 4.47. The number of para-hydroxylation sites is 1. The van der Waals surface area contributed by atoms with Gasteiger partial charge in [0.1, 0.15) is 6.21 Å². The summed E-state index contributed by atoms with van der Waals surface area (Å²) in [6.45, 7) is 0. The number of anilines is 1. The molecule has 0 aromatic heterocycles. The molecule has 1 aromatic rings. The normalized spacial score (nSPS) is 9.87. The molecule has 0 bridgehead atoms. The molecular weight excluding hydrogens is 214 g/mol. The fourth-order valence-electron chi connectivity index (χ4n) is 0.827. The first kappa shape index (κ1) is 11.1. The van der Waals surface area contributed by atoms with Crippen molar-refractivity contribution in [1.29, 1.82) is 0 Å². The van der Waals surface area contributed by atoms with Crippen LogP contribution in [0.5, 0.6) is 0 Å². The fourth-order valence-corrected chi connectivity index (χ4v) is 0.997. The van der Waals surface area contributed by atoms with Crippen molar-refractivity contribution < 1.29 is 9.90 Å². The van der Waals surface area contributed by atoms with Crippen LogP contribution in [0.3, 0.4) is 0 Å². The van der Waals surface area contributed by atoms with E-state index in [1.807, 2.05) is 30.3 Å². The van der Waals surface area contributed by atoms with Crippen LogP contribution in [-0.2, 0) is 4.79 Å². The van der Waals surface area contributed by atoms with Gasteiger partial charge in [0.15, 0.2) is 5.11 Å². The first-order valence-electron chi connectivity index (χ1n) is 4.06. The monoisotopic (exact) mass is 223 g/mol. The van der Waals surface area contributed by atoms with Crippen LogP contribution in [0.4, 0.5) is 5.69 Å². The van der Waals surface area contributed by atoms with E-state index in [2.05, 4.69) is 15.8 Å². The summed E-state index contributed by atoms with van der Waals surface area (Å²) in [5, 5.41) is 14.7. The van der Waals surface area contributed by atoms with Gasteiger partial charge in [-0.1, -0.05) is 18.2 Å². The van der Waals surface area contributed by atoms with Crippen LogP contribution in [0, 0.1) is 0 Å². The summed E-state index contributed by atoms with van der Waals surface area (Å²) in [5.41, 5.74) is 3.18. The largest absolute Gasteiger partial charge is 0.477 e. The van der Waals surface area contributed by atoms with E-state index >= 15 is 0 Å². The second-order valence-corrected chi connectivity index (χ2v) is 2.94. The average molecular weight is 223 g/mol. The molecule has 0 fully saturated rings. The van der Waals surface area contributed by atoms with E-state index < -0.39 is 5.97 Å². The SMILES string of the molecule is O=C(O)/C=N/NC(=S)Nc1ccccc1. The van der Waals surface area contributed by atoms with Crippen LogP contribution in [0.1, 0.15) is 0 Å². The summed E-state index contributed by atoms with van der Waals surface area (Å²) in [7, 11) is 0. The molecule has 1 rings (SSSR count). The third-order valence-corrected chi connectivity index (χ3v) is 1.57. The predicted molar refractivity (Wildman–Crippen MR) is 61.9 cm³/mol. The van der Waals surface area contributed by atoms with E-state index in [4.69, 9.17) is 17.3 Å². The number of carbonyl (C=O) groups is 1. The van der Waals surface area contributed by atoms with Crippen molar-refractivity contribution in [3.05, 3.63) is 30.3 Å². The molecule has 0 saturated heterocycles. The number of thiocarbonyl (C=S) groups is 1.